The summed E-state index contributed by atoms with van der Waals surface area (Å²) in [6.07, 6.45) is 0. The number of rotatable bonds is 6. The van der Waals surface area contributed by atoms with Crippen LogP contribution in [0, 0.1) is 0 Å². The van der Waals surface area contributed by atoms with Gasteiger partial charge in [-0.3, -0.25) is 10.1 Å². The number of carbonyl (C=O) groups excluding carboxylic acids is 1. The van der Waals surface area contributed by atoms with Crippen molar-refractivity contribution in [3.8, 4) is 0 Å². The maximum Gasteiger partial charge on any atom is 0.673 e. The molecule has 0 saturated heterocycles. The second-order valence-corrected chi connectivity index (χ2v) is 12.0. The Morgan fingerprint density at radius 3 is 1.24 bits per heavy atom. The third-order valence-corrected chi connectivity index (χ3v) is 9.65. The molecule has 12 heteroatoms. The van der Waals surface area contributed by atoms with Gasteiger partial charge in [-0.25, -0.2) is 0 Å². The number of carbonyl (C=O) groups is 1. The molecule has 3 rings (SSSR count). The van der Waals surface area contributed by atoms with Crippen LogP contribution >= 0.6 is 53.7 Å². The Kier molecular flexibility index (Phi) is 10.7. The SMILES string of the molecule is F[B-](F)(F)F.O=C(NC(=C(Cl)Cl)[P+](c1ccccc1)(c1ccccc1)c1ccccc1)C(Cl)Cl. The van der Waals surface area contributed by atoms with E-state index in [1.165, 1.54) is 0 Å². The lowest BCUT2D eigenvalue weighted by Crippen LogP contribution is -2.39. The maximum atomic E-state index is 12.5. The van der Waals surface area contributed by atoms with E-state index in [1.807, 2.05) is 91.0 Å². The minimum atomic E-state index is -6.00. The molecule has 1 amide bonds. The number of nitrogens with one attached hydrogen (secondary N) is 1. The molecular weight excluding hydrogens is 554 g/mol. The molecule has 0 spiro atoms. The number of amides is 1. The first-order chi connectivity index (χ1) is 16.0. The van der Waals surface area contributed by atoms with Crippen LogP contribution in [0.15, 0.2) is 101 Å². The van der Waals surface area contributed by atoms with Gasteiger partial charge in [0.1, 0.15) is 15.9 Å². The first kappa shape index (κ1) is 28.5. The summed E-state index contributed by atoms with van der Waals surface area (Å²) >= 11 is 24.4. The quantitative estimate of drug-likeness (QED) is 0.150. The summed E-state index contributed by atoms with van der Waals surface area (Å²) in [6.45, 7) is 0. The Balaban J connectivity index is 0.000000739. The van der Waals surface area contributed by atoms with Gasteiger partial charge < -0.3 is 17.3 Å². The van der Waals surface area contributed by atoms with Gasteiger partial charge in [0.25, 0.3) is 5.91 Å². The van der Waals surface area contributed by atoms with E-state index < -0.39 is 25.3 Å². The van der Waals surface area contributed by atoms with E-state index in [2.05, 4.69) is 5.32 Å². The highest BCUT2D eigenvalue weighted by Gasteiger charge is 2.52. The standard InChI is InChI=1S/C22H16Cl4NOP.BF4/c23-19(24)21(28)27-22(20(25)26)29(16-10-4-1-5-11-16,17-12-6-2-7-13-17)18-14-8-3-9-15-18;2-1(3,4)5/h1-15,19H;/q;-1/p+1. The topological polar surface area (TPSA) is 29.1 Å². The fraction of sp³-hybridized carbons (Fsp3) is 0.0455. The average molecular weight is 571 g/mol. The van der Waals surface area contributed by atoms with Crippen molar-refractivity contribution in [3.63, 3.8) is 0 Å². The summed E-state index contributed by atoms with van der Waals surface area (Å²) in [6, 6.07) is 29.6. The van der Waals surface area contributed by atoms with Crippen LogP contribution in [0.2, 0.25) is 0 Å². The monoisotopic (exact) mass is 569 g/mol. The van der Waals surface area contributed by atoms with Crippen LogP contribution < -0.4 is 21.2 Å². The Morgan fingerprint density at radius 2 is 1.00 bits per heavy atom. The van der Waals surface area contributed by atoms with Crippen molar-refractivity contribution in [2.75, 3.05) is 0 Å². The molecule has 0 fully saturated rings. The van der Waals surface area contributed by atoms with Crippen LogP contribution in [0.25, 0.3) is 0 Å². The molecule has 1 N–H and O–H groups in total. The Hall–Kier alpha value is -1.76. The summed E-state index contributed by atoms with van der Waals surface area (Å²) in [7, 11) is -8.65. The lowest BCUT2D eigenvalue weighted by atomic mass is 10.3. The fourth-order valence-corrected chi connectivity index (χ4v) is 8.24. The van der Waals surface area contributed by atoms with Crippen LogP contribution in [-0.4, -0.2) is 18.0 Å². The molecule has 0 unspecified atom stereocenters. The normalized spacial score (nSPS) is 11.3. The van der Waals surface area contributed by atoms with E-state index in [0.717, 1.165) is 15.9 Å². The molecular formula is C22H17BCl4F4NOP. The van der Waals surface area contributed by atoms with Crippen LogP contribution in [0.1, 0.15) is 0 Å². The van der Waals surface area contributed by atoms with Gasteiger partial charge in [0.15, 0.2) is 16.6 Å². The smallest absolute Gasteiger partial charge is 0.418 e. The minimum absolute atomic E-state index is 0.0442. The van der Waals surface area contributed by atoms with Gasteiger partial charge in [-0.05, 0) is 36.4 Å². The van der Waals surface area contributed by atoms with Crippen LogP contribution in [0.5, 0.6) is 0 Å². The minimum Gasteiger partial charge on any atom is -0.418 e. The molecule has 3 aromatic carbocycles. The Morgan fingerprint density at radius 1 is 0.706 bits per heavy atom. The van der Waals surface area contributed by atoms with Gasteiger partial charge in [0.05, 0.1) is 0 Å². The molecule has 2 nitrogen and oxygen atoms in total. The second-order valence-electron chi connectivity index (χ2n) is 6.57. The summed E-state index contributed by atoms with van der Waals surface area (Å²) < 4.78 is 39.0. The van der Waals surface area contributed by atoms with Gasteiger partial charge in [-0.1, -0.05) is 101 Å². The van der Waals surface area contributed by atoms with Gasteiger partial charge >= 0.3 is 7.25 Å². The van der Waals surface area contributed by atoms with Crippen LogP contribution in [0.4, 0.5) is 17.3 Å². The van der Waals surface area contributed by atoms with E-state index in [1.54, 1.807) is 0 Å². The molecule has 0 aliphatic carbocycles. The van der Waals surface area contributed by atoms with Crippen molar-refractivity contribution in [3.05, 3.63) is 101 Å². The average Bonchev–Trinajstić information content (AvgIpc) is 2.79. The van der Waals surface area contributed by atoms with Crippen molar-refractivity contribution in [1.82, 2.24) is 5.32 Å². The van der Waals surface area contributed by atoms with E-state index in [9.17, 15) is 22.1 Å². The fourth-order valence-electron chi connectivity index (χ4n) is 3.22. The lowest BCUT2D eigenvalue weighted by molar-refractivity contribution is -0.118. The van der Waals surface area contributed by atoms with Gasteiger partial charge in [0, 0.05) is 0 Å². The molecule has 0 aromatic heterocycles. The Labute approximate surface area is 215 Å². The summed E-state index contributed by atoms with van der Waals surface area (Å²) in [5.74, 6) is -0.589. The van der Waals surface area contributed by atoms with Crippen molar-refractivity contribution in [2.45, 2.75) is 4.84 Å². The number of hydrogen-bond acceptors (Lipinski definition) is 1. The van der Waals surface area contributed by atoms with Crippen molar-refractivity contribution < 1.29 is 22.1 Å². The van der Waals surface area contributed by atoms with Crippen molar-refractivity contribution in [1.29, 1.82) is 0 Å². The largest absolute Gasteiger partial charge is 0.673 e. The van der Waals surface area contributed by atoms with Crippen LogP contribution in [-0.2, 0) is 4.79 Å². The first-order valence-corrected chi connectivity index (χ1v) is 13.0. The Bertz CT molecular complexity index is 997. The predicted molar refractivity (Wildman–Crippen MR) is 138 cm³/mol. The maximum absolute atomic E-state index is 12.5. The third kappa shape index (κ3) is 7.62. The van der Waals surface area contributed by atoms with Gasteiger partial charge in [-0.15, -0.1) is 0 Å². The highest BCUT2D eigenvalue weighted by Crippen LogP contribution is 2.63. The van der Waals surface area contributed by atoms with E-state index in [0.29, 0.717) is 5.44 Å². The van der Waals surface area contributed by atoms with E-state index in [4.69, 9.17) is 46.4 Å². The zero-order chi connectivity index (χ0) is 25.4. The zero-order valence-electron chi connectivity index (χ0n) is 17.2. The van der Waals surface area contributed by atoms with Crippen LogP contribution in [0.3, 0.4) is 0 Å². The lowest BCUT2D eigenvalue weighted by Gasteiger charge is -2.29. The summed E-state index contributed by atoms with van der Waals surface area (Å²) in [5, 5.41) is 5.75. The molecule has 0 bridgehead atoms. The van der Waals surface area contributed by atoms with Gasteiger partial charge in [0.2, 0.25) is 5.44 Å². The highest BCUT2D eigenvalue weighted by atomic mass is 35.5. The van der Waals surface area contributed by atoms with E-state index in [-0.39, 0.29) is 4.49 Å². The molecule has 0 atom stereocenters. The third-order valence-electron chi connectivity index (χ3n) is 4.38. The number of benzene rings is 3. The van der Waals surface area contributed by atoms with Crippen molar-refractivity contribution in [2.24, 2.45) is 0 Å². The zero-order valence-corrected chi connectivity index (χ0v) is 21.1. The van der Waals surface area contributed by atoms with Gasteiger partial charge in [-0.2, -0.15) is 0 Å². The molecule has 0 saturated carbocycles. The van der Waals surface area contributed by atoms with E-state index >= 15 is 0 Å². The summed E-state index contributed by atoms with van der Waals surface area (Å²) in [5.41, 5.74) is 0.390. The molecule has 0 radical (unpaired) electrons. The molecule has 3 aromatic rings. The molecule has 0 aliphatic heterocycles. The predicted octanol–water partition coefficient (Wildman–Crippen LogP) is 6.80. The molecule has 180 valence electrons. The molecule has 34 heavy (non-hydrogen) atoms. The number of alkyl halides is 2. The first-order valence-electron chi connectivity index (χ1n) is 9.56. The van der Waals surface area contributed by atoms with Crippen molar-refractivity contribution >= 4 is 82.7 Å². The molecule has 0 heterocycles. The second kappa shape index (κ2) is 12.8. The number of halogens is 8. The highest BCUT2D eigenvalue weighted by molar-refractivity contribution is 7.99. The summed E-state index contributed by atoms with van der Waals surface area (Å²) in [4.78, 5) is 11.2. The number of hydrogen-bond donors (Lipinski definition) is 1. The molecule has 0 aliphatic rings.